The van der Waals surface area contributed by atoms with Crippen LogP contribution >= 0.6 is 0 Å². The highest BCUT2D eigenvalue weighted by atomic mass is 16.2. The van der Waals surface area contributed by atoms with Gasteiger partial charge in [0.25, 0.3) is 0 Å². The Morgan fingerprint density at radius 2 is 1.69 bits per heavy atom. The molecule has 4 nitrogen and oxygen atoms in total. The Labute approximate surface area is 97.6 Å². The van der Waals surface area contributed by atoms with Crippen LogP contribution in [0.2, 0.25) is 0 Å². The molecule has 1 aliphatic heterocycles. The number of carbonyl (C=O) groups is 1. The second kappa shape index (κ2) is 5.53. The summed E-state index contributed by atoms with van der Waals surface area (Å²) in [5.74, 6) is 0. The van der Waals surface area contributed by atoms with Crippen molar-refractivity contribution in [2.75, 3.05) is 13.1 Å². The zero-order valence-electron chi connectivity index (χ0n) is 9.95. The zero-order valence-corrected chi connectivity index (χ0v) is 9.95. The van der Waals surface area contributed by atoms with Crippen LogP contribution in [0.3, 0.4) is 0 Å². The number of primary amides is 1. The van der Waals surface area contributed by atoms with Crippen LogP contribution < -0.4 is 11.1 Å². The van der Waals surface area contributed by atoms with E-state index in [2.05, 4.69) is 10.2 Å². The summed E-state index contributed by atoms with van der Waals surface area (Å²) >= 11 is 0. The number of piperidine rings is 1. The van der Waals surface area contributed by atoms with Crippen LogP contribution in [0.5, 0.6) is 0 Å². The van der Waals surface area contributed by atoms with Crippen molar-refractivity contribution in [1.82, 2.24) is 10.2 Å². The van der Waals surface area contributed by atoms with Crippen LogP contribution in [0.25, 0.3) is 0 Å². The lowest BCUT2D eigenvalue weighted by atomic mass is 9.92. The molecule has 0 aromatic carbocycles. The summed E-state index contributed by atoms with van der Waals surface area (Å²) in [7, 11) is 0. The number of hydrogen-bond acceptors (Lipinski definition) is 2. The highest BCUT2D eigenvalue weighted by Crippen LogP contribution is 2.25. The number of rotatable bonds is 2. The topological polar surface area (TPSA) is 58.4 Å². The molecule has 1 saturated carbocycles. The van der Waals surface area contributed by atoms with Crippen LogP contribution in [0.4, 0.5) is 4.79 Å². The molecule has 2 rings (SSSR count). The minimum absolute atomic E-state index is 0.303. The van der Waals surface area contributed by atoms with Crippen molar-refractivity contribution in [3.63, 3.8) is 0 Å². The van der Waals surface area contributed by atoms with Gasteiger partial charge in [-0.05, 0) is 25.7 Å². The first kappa shape index (κ1) is 11.7. The van der Waals surface area contributed by atoms with Crippen molar-refractivity contribution < 1.29 is 4.79 Å². The Morgan fingerprint density at radius 1 is 1.06 bits per heavy atom. The molecule has 0 unspecified atom stereocenters. The van der Waals surface area contributed by atoms with E-state index < -0.39 is 0 Å². The van der Waals surface area contributed by atoms with Crippen LogP contribution in [0, 0.1) is 0 Å². The summed E-state index contributed by atoms with van der Waals surface area (Å²) in [4.78, 5) is 13.4. The largest absolute Gasteiger partial charge is 0.352 e. The first-order chi connectivity index (χ1) is 7.75. The molecule has 1 heterocycles. The van der Waals surface area contributed by atoms with Gasteiger partial charge in [0.2, 0.25) is 0 Å². The molecule has 0 aromatic heterocycles. The maximum Gasteiger partial charge on any atom is 0.312 e. The van der Waals surface area contributed by atoms with Gasteiger partial charge >= 0.3 is 6.03 Å². The Morgan fingerprint density at radius 3 is 2.25 bits per heavy atom. The first-order valence-corrected chi connectivity index (χ1v) is 6.56. The quantitative estimate of drug-likeness (QED) is 0.747. The van der Waals surface area contributed by atoms with Gasteiger partial charge in [0.05, 0.1) is 0 Å². The molecule has 0 spiro atoms. The van der Waals surface area contributed by atoms with E-state index in [9.17, 15) is 4.79 Å². The number of likely N-dealkylation sites (tertiary alicyclic amines) is 1. The average Bonchev–Trinajstić information content (AvgIpc) is 2.30. The normalized spacial score (nSPS) is 25.5. The van der Waals surface area contributed by atoms with E-state index in [0.29, 0.717) is 6.04 Å². The first-order valence-electron chi connectivity index (χ1n) is 6.56. The second-order valence-corrected chi connectivity index (χ2v) is 5.11. The fraction of sp³-hybridized carbons (Fsp3) is 0.917. The molecule has 2 fully saturated rings. The Balaban J connectivity index is 1.73. The van der Waals surface area contributed by atoms with Crippen molar-refractivity contribution >= 4 is 6.03 Å². The summed E-state index contributed by atoms with van der Waals surface area (Å²) < 4.78 is 0. The monoisotopic (exact) mass is 225 g/mol. The summed E-state index contributed by atoms with van der Waals surface area (Å²) in [6, 6.07) is 0.733. The van der Waals surface area contributed by atoms with Crippen molar-refractivity contribution in [1.29, 1.82) is 0 Å². The van der Waals surface area contributed by atoms with E-state index in [0.717, 1.165) is 32.0 Å². The highest BCUT2D eigenvalue weighted by Gasteiger charge is 2.26. The number of nitrogens with two attached hydrogens (primary N) is 1. The van der Waals surface area contributed by atoms with Crippen LogP contribution in [0.1, 0.15) is 44.9 Å². The lowest BCUT2D eigenvalue weighted by Gasteiger charge is -2.39. The number of hydrogen-bond donors (Lipinski definition) is 2. The average molecular weight is 225 g/mol. The van der Waals surface area contributed by atoms with Crippen LogP contribution in [-0.2, 0) is 0 Å². The highest BCUT2D eigenvalue weighted by molar-refractivity contribution is 5.71. The maximum absolute atomic E-state index is 10.7. The Hall–Kier alpha value is -0.770. The third-order valence-corrected chi connectivity index (χ3v) is 3.97. The second-order valence-electron chi connectivity index (χ2n) is 5.11. The van der Waals surface area contributed by atoms with E-state index >= 15 is 0 Å². The van der Waals surface area contributed by atoms with Gasteiger partial charge in [0.15, 0.2) is 0 Å². The number of nitrogens with one attached hydrogen (secondary N) is 1. The molecule has 2 aliphatic rings. The fourth-order valence-electron chi connectivity index (χ4n) is 3.06. The molecule has 1 aliphatic carbocycles. The van der Waals surface area contributed by atoms with Crippen LogP contribution in [-0.4, -0.2) is 36.1 Å². The van der Waals surface area contributed by atoms with Crippen LogP contribution in [0.15, 0.2) is 0 Å². The van der Waals surface area contributed by atoms with Gasteiger partial charge < -0.3 is 16.0 Å². The third kappa shape index (κ3) is 3.11. The lowest BCUT2D eigenvalue weighted by molar-refractivity contribution is 0.117. The lowest BCUT2D eigenvalue weighted by Crippen LogP contribution is -2.49. The van der Waals surface area contributed by atoms with Gasteiger partial charge in [0.1, 0.15) is 0 Å². The Bertz CT molecular complexity index is 230. The van der Waals surface area contributed by atoms with Gasteiger partial charge in [-0.25, -0.2) is 4.79 Å². The molecule has 1 saturated heterocycles. The number of urea groups is 1. The predicted molar refractivity (Wildman–Crippen MR) is 64.2 cm³/mol. The smallest absolute Gasteiger partial charge is 0.312 e. The summed E-state index contributed by atoms with van der Waals surface area (Å²) in [6.45, 7) is 2.24. The van der Waals surface area contributed by atoms with Gasteiger partial charge in [-0.3, -0.25) is 0 Å². The molecule has 2 amide bonds. The minimum atomic E-state index is -0.379. The van der Waals surface area contributed by atoms with Gasteiger partial charge in [-0.1, -0.05) is 19.3 Å². The molecule has 0 aromatic rings. The maximum atomic E-state index is 10.7. The molecule has 4 heteroatoms. The van der Waals surface area contributed by atoms with E-state index in [-0.39, 0.29) is 6.03 Å². The standard InChI is InChI=1S/C12H23N3O/c13-12(16)14-10-6-8-15(9-7-10)11-4-2-1-3-5-11/h10-11H,1-9H2,(H3,13,14,16). The van der Waals surface area contributed by atoms with E-state index in [4.69, 9.17) is 5.73 Å². The van der Waals surface area contributed by atoms with E-state index in [1.165, 1.54) is 32.1 Å². The summed E-state index contributed by atoms with van der Waals surface area (Å²) in [5.41, 5.74) is 5.14. The molecular formula is C12H23N3O. The predicted octanol–water partition coefficient (Wildman–Crippen LogP) is 1.45. The van der Waals surface area contributed by atoms with Gasteiger partial charge in [-0.2, -0.15) is 0 Å². The van der Waals surface area contributed by atoms with Gasteiger partial charge in [-0.15, -0.1) is 0 Å². The fourth-order valence-corrected chi connectivity index (χ4v) is 3.06. The molecular weight excluding hydrogens is 202 g/mol. The van der Waals surface area contributed by atoms with E-state index in [1.54, 1.807) is 0 Å². The van der Waals surface area contributed by atoms with E-state index in [1.807, 2.05) is 0 Å². The molecule has 0 atom stereocenters. The van der Waals surface area contributed by atoms with Crippen molar-refractivity contribution in [2.45, 2.75) is 57.0 Å². The number of nitrogens with zero attached hydrogens (tertiary/aromatic N) is 1. The van der Waals surface area contributed by atoms with Crippen molar-refractivity contribution in [3.8, 4) is 0 Å². The number of carbonyl (C=O) groups excluding carboxylic acids is 1. The molecule has 16 heavy (non-hydrogen) atoms. The third-order valence-electron chi connectivity index (χ3n) is 3.97. The zero-order chi connectivity index (χ0) is 11.4. The van der Waals surface area contributed by atoms with Gasteiger partial charge in [0, 0.05) is 25.2 Å². The van der Waals surface area contributed by atoms with Crippen molar-refractivity contribution in [3.05, 3.63) is 0 Å². The molecule has 0 bridgehead atoms. The minimum Gasteiger partial charge on any atom is -0.352 e. The van der Waals surface area contributed by atoms with Crippen molar-refractivity contribution in [2.24, 2.45) is 5.73 Å². The summed E-state index contributed by atoms with van der Waals surface area (Å²) in [6.07, 6.45) is 9.05. The SMILES string of the molecule is NC(=O)NC1CCN(C2CCCCC2)CC1. The number of amides is 2. The molecule has 3 N–H and O–H groups in total. The molecule has 0 radical (unpaired) electrons. The summed E-state index contributed by atoms with van der Waals surface area (Å²) in [5, 5.41) is 2.82. The molecule has 92 valence electrons. The Kier molecular flexibility index (Phi) is 4.04.